The topological polar surface area (TPSA) is 104 Å². The molecule has 8 nitrogen and oxygen atoms in total. The predicted molar refractivity (Wildman–Crippen MR) is 77.3 cm³/mol. The largest absolute Gasteiger partial charge is 0.490 e. The summed E-state index contributed by atoms with van der Waals surface area (Å²) in [7, 11) is 1.35. The lowest BCUT2D eigenvalue weighted by Gasteiger charge is -2.02. The lowest BCUT2D eigenvalue weighted by Crippen LogP contribution is -2.15. The maximum Gasteiger partial charge on any atom is 0.293 e. The number of carbonyl (C=O) groups excluding carboxylic acids is 1. The van der Waals surface area contributed by atoms with Gasteiger partial charge in [0.15, 0.2) is 5.76 Å². The number of hydrogen-bond acceptors (Lipinski definition) is 8. The molecule has 0 radical (unpaired) electrons. The lowest BCUT2D eigenvalue weighted by atomic mass is 10.2. The average molecular weight is 323 g/mol. The molecule has 0 spiro atoms. The molecular formula is C13H13N3O5S. The fourth-order valence-electron chi connectivity index (χ4n) is 2.01. The highest BCUT2D eigenvalue weighted by Crippen LogP contribution is 2.31. The van der Waals surface area contributed by atoms with Crippen LogP contribution in [0.3, 0.4) is 0 Å². The second kappa shape index (κ2) is 6.24. The van der Waals surface area contributed by atoms with E-state index in [0.717, 1.165) is 30.2 Å². The lowest BCUT2D eigenvalue weighted by molar-refractivity contribution is 0.0993. The highest BCUT2D eigenvalue weighted by molar-refractivity contribution is 7.15. The van der Waals surface area contributed by atoms with Crippen LogP contribution < -0.4 is 15.5 Å². The predicted octanol–water partition coefficient (Wildman–Crippen LogP) is 1.60. The molecule has 1 aliphatic rings. The Morgan fingerprint density at radius 1 is 1.50 bits per heavy atom. The molecule has 1 unspecified atom stereocenters. The van der Waals surface area contributed by atoms with E-state index in [1.54, 1.807) is 0 Å². The van der Waals surface area contributed by atoms with Crippen LogP contribution in [0.4, 0.5) is 5.13 Å². The fraction of sp³-hybridized carbons (Fsp3) is 0.385. The van der Waals surface area contributed by atoms with Crippen LogP contribution in [0.15, 0.2) is 21.5 Å². The molecule has 2 aromatic heterocycles. The van der Waals surface area contributed by atoms with Crippen LogP contribution in [0.2, 0.25) is 0 Å². The molecule has 116 valence electrons. The zero-order chi connectivity index (χ0) is 15.5. The van der Waals surface area contributed by atoms with Gasteiger partial charge in [-0.05, 0) is 12.8 Å². The molecule has 9 heteroatoms. The number of methoxy groups -OCH3 is 1. The first-order chi connectivity index (χ1) is 10.7. The fourth-order valence-corrected chi connectivity index (χ4v) is 2.84. The van der Waals surface area contributed by atoms with Crippen LogP contribution >= 0.6 is 11.3 Å². The Bertz CT molecular complexity index is 735. The highest BCUT2D eigenvalue weighted by Gasteiger charge is 2.22. The summed E-state index contributed by atoms with van der Waals surface area (Å²) in [5, 5.41) is 11.5. The van der Waals surface area contributed by atoms with Crippen molar-refractivity contribution in [2.24, 2.45) is 0 Å². The smallest absolute Gasteiger partial charge is 0.293 e. The summed E-state index contributed by atoms with van der Waals surface area (Å²) in [5.41, 5.74) is -0.434. The van der Waals surface area contributed by atoms with Gasteiger partial charge < -0.3 is 13.9 Å². The first-order valence-corrected chi connectivity index (χ1v) is 7.42. The zero-order valence-electron chi connectivity index (χ0n) is 11.7. The summed E-state index contributed by atoms with van der Waals surface area (Å²) in [6.07, 6.45) is 2.93. The number of anilines is 1. The van der Waals surface area contributed by atoms with E-state index in [1.807, 2.05) is 0 Å². The second-order valence-electron chi connectivity index (χ2n) is 4.58. The van der Waals surface area contributed by atoms with E-state index < -0.39 is 11.3 Å². The molecule has 1 aliphatic heterocycles. The summed E-state index contributed by atoms with van der Waals surface area (Å²) in [4.78, 5) is 23.6. The van der Waals surface area contributed by atoms with E-state index in [1.165, 1.54) is 18.4 Å². The van der Waals surface area contributed by atoms with E-state index in [4.69, 9.17) is 13.9 Å². The molecule has 0 saturated carbocycles. The van der Waals surface area contributed by atoms with Crippen LogP contribution in [0.5, 0.6) is 5.75 Å². The molecule has 1 fully saturated rings. The van der Waals surface area contributed by atoms with Crippen molar-refractivity contribution in [3.05, 3.63) is 33.3 Å². The zero-order valence-corrected chi connectivity index (χ0v) is 12.5. The van der Waals surface area contributed by atoms with E-state index in [0.29, 0.717) is 11.7 Å². The maximum absolute atomic E-state index is 12.0. The highest BCUT2D eigenvalue weighted by atomic mass is 32.1. The number of rotatable bonds is 4. The van der Waals surface area contributed by atoms with E-state index in [2.05, 4.69) is 15.5 Å². The van der Waals surface area contributed by atoms with Crippen molar-refractivity contribution >= 4 is 22.4 Å². The van der Waals surface area contributed by atoms with Gasteiger partial charge in [0, 0.05) is 12.7 Å². The number of amides is 1. The number of hydrogen-bond donors (Lipinski definition) is 1. The number of aromatic nitrogens is 2. The van der Waals surface area contributed by atoms with Gasteiger partial charge in [-0.1, -0.05) is 11.3 Å². The minimum Gasteiger partial charge on any atom is -0.490 e. The van der Waals surface area contributed by atoms with Crippen LogP contribution in [-0.4, -0.2) is 29.8 Å². The van der Waals surface area contributed by atoms with Gasteiger partial charge in [0.2, 0.25) is 16.3 Å². The number of nitrogens with one attached hydrogen (secondary N) is 1. The van der Waals surface area contributed by atoms with Gasteiger partial charge in [0.1, 0.15) is 17.4 Å². The molecule has 1 N–H and O–H groups in total. The number of carbonyl (C=O) groups is 1. The molecule has 2 aromatic rings. The van der Waals surface area contributed by atoms with Crippen molar-refractivity contribution in [2.45, 2.75) is 18.9 Å². The Morgan fingerprint density at radius 2 is 2.36 bits per heavy atom. The minimum atomic E-state index is -0.574. The Kier molecular flexibility index (Phi) is 4.16. The quantitative estimate of drug-likeness (QED) is 0.911. The van der Waals surface area contributed by atoms with Crippen LogP contribution in [0.1, 0.15) is 34.5 Å². The molecule has 3 heterocycles. The minimum absolute atomic E-state index is 0.0353. The molecule has 3 rings (SSSR count). The van der Waals surface area contributed by atoms with Crippen LogP contribution in [0.25, 0.3) is 0 Å². The van der Waals surface area contributed by atoms with Crippen molar-refractivity contribution < 1.29 is 18.7 Å². The third-order valence-electron chi connectivity index (χ3n) is 3.11. The molecule has 1 amide bonds. The Hall–Kier alpha value is -2.26. The van der Waals surface area contributed by atoms with Crippen molar-refractivity contribution in [1.29, 1.82) is 0 Å². The average Bonchev–Trinajstić information content (AvgIpc) is 3.17. The molecule has 1 atom stereocenters. The SMILES string of the molecule is COc1coc(C(=O)Nc2nnc(C3CCCO3)s2)cc1=O. The summed E-state index contributed by atoms with van der Waals surface area (Å²) in [5.74, 6) is -0.664. The van der Waals surface area contributed by atoms with Crippen molar-refractivity contribution in [3.8, 4) is 5.75 Å². The van der Waals surface area contributed by atoms with E-state index in [9.17, 15) is 9.59 Å². The summed E-state index contributed by atoms with van der Waals surface area (Å²) in [6.45, 7) is 0.711. The normalized spacial score (nSPS) is 17.4. The molecular weight excluding hydrogens is 310 g/mol. The van der Waals surface area contributed by atoms with Gasteiger partial charge in [-0.2, -0.15) is 0 Å². The van der Waals surface area contributed by atoms with Gasteiger partial charge in [-0.3, -0.25) is 14.9 Å². The summed E-state index contributed by atoms with van der Waals surface area (Å²) >= 11 is 1.24. The molecule has 0 aromatic carbocycles. The van der Waals surface area contributed by atoms with Gasteiger partial charge in [0.05, 0.1) is 7.11 Å². The Morgan fingerprint density at radius 3 is 3.05 bits per heavy atom. The van der Waals surface area contributed by atoms with Gasteiger partial charge >= 0.3 is 0 Å². The third kappa shape index (κ3) is 3.00. The first kappa shape index (κ1) is 14.7. The first-order valence-electron chi connectivity index (χ1n) is 6.60. The standard InChI is InChI=1S/C13H13N3O5S/c1-19-10-6-21-9(5-7(10)17)11(18)14-13-16-15-12(22-13)8-3-2-4-20-8/h5-6,8H,2-4H2,1H3,(H,14,16,18). The van der Waals surface area contributed by atoms with Crippen molar-refractivity contribution in [2.75, 3.05) is 19.0 Å². The van der Waals surface area contributed by atoms with Gasteiger partial charge in [-0.25, -0.2) is 0 Å². The summed E-state index contributed by atoms with van der Waals surface area (Å²) in [6, 6.07) is 1.07. The van der Waals surface area contributed by atoms with Crippen molar-refractivity contribution in [3.63, 3.8) is 0 Å². The Balaban J connectivity index is 1.71. The molecule has 22 heavy (non-hydrogen) atoms. The van der Waals surface area contributed by atoms with Crippen LogP contribution in [0, 0.1) is 0 Å². The second-order valence-corrected chi connectivity index (χ2v) is 5.59. The van der Waals surface area contributed by atoms with E-state index in [-0.39, 0.29) is 17.6 Å². The Labute approximate surface area is 129 Å². The van der Waals surface area contributed by atoms with Crippen LogP contribution in [-0.2, 0) is 4.74 Å². The molecule has 1 saturated heterocycles. The number of ether oxygens (including phenoxy) is 2. The van der Waals surface area contributed by atoms with Gasteiger partial charge in [0.25, 0.3) is 5.91 Å². The van der Waals surface area contributed by atoms with E-state index >= 15 is 0 Å². The van der Waals surface area contributed by atoms with Gasteiger partial charge in [-0.15, -0.1) is 10.2 Å². The summed E-state index contributed by atoms with van der Waals surface area (Å²) < 4.78 is 15.4. The third-order valence-corrected chi connectivity index (χ3v) is 4.04. The molecule has 0 bridgehead atoms. The van der Waals surface area contributed by atoms with Crippen molar-refractivity contribution in [1.82, 2.24) is 10.2 Å². The maximum atomic E-state index is 12.0. The number of nitrogens with zero attached hydrogens (tertiary/aromatic N) is 2. The molecule has 0 aliphatic carbocycles. The monoisotopic (exact) mass is 323 g/mol.